The van der Waals surface area contributed by atoms with Gasteiger partial charge in [-0.1, -0.05) is 0 Å². The molecule has 0 saturated carbocycles. The second-order valence-corrected chi connectivity index (χ2v) is 7.95. The van der Waals surface area contributed by atoms with E-state index in [0.29, 0.717) is 31.1 Å². The van der Waals surface area contributed by atoms with Crippen LogP contribution in [-0.2, 0) is 21.9 Å². The number of benzene rings is 1. The van der Waals surface area contributed by atoms with Gasteiger partial charge in [0, 0.05) is 57.3 Å². The van der Waals surface area contributed by atoms with Crippen LogP contribution in [0, 0.1) is 6.92 Å². The lowest BCUT2D eigenvalue weighted by Gasteiger charge is -2.33. The Bertz CT molecular complexity index is 862. The summed E-state index contributed by atoms with van der Waals surface area (Å²) in [6.45, 7) is 5.06. The highest BCUT2D eigenvalue weighted by Crippen LogP contribution is 2.25. The van der Waals surface area contributed by atoms with Crippen molar-refractivity contribution < 1.29 is 13.2 Å². The first-order valence-electron chi connectivity index (χ1n) is 7.62. The third-order valence-electron chi connectivity index (χ3n) is 4.48. The van der Waals surface area contributed by atoms with Gasteiger partial charge >= 0.3 is 0 Å². The van der Waals surface area contributed by atoms with Crippen LogP contribution in [0.4, 0.5) is 0 Å². The number of carbonyl (C=O) groups excluding carboxylic acids is 1. The van der Waals surface area contributed by atoms with E-state index in [9.17, 15) is 13.2 Å². The molecule has 2 heterocycles. The Morgan fingerprint density at radius 1 is 1.13 bits per heavy atom. The molecule has 124 valence electrons. The molecule has 23 heavy (non-hydrogen) atoms. The molecule has 6 nitrogen and oxygen atoms in total. The summed E-state index contributed by atoms with van der Waals surface area (Å²) >= 11 is 0. The lowest BCUT2D eigenvalue weighted by Crippen LogP contribution is -2.49. The molecule has 1 saturated heterocycles. The molecule has 0 unspecified atom stereocenters. The average Bonchev–Trinajstić information content (AvgIpc) is 2.81. The minimum atomic E-state index is -3.52. The summed E-state index contributed by atoms with van der Waals surface area (Å²) in [4.78, 5) is 13.4. The second-order valence-electron chi connectivity index (χ2n) is 6.01. The van der Waals surface area contributed by atoms with E-state index < -0.39 is 10.0 Å². The van der Waals surface area contributed by atoms with Crippen LogP contribution < -0.4 is 0 Å². The van der Waals surface area contributed by atoms with Crippen LogP contribution in [0.5, 0.6) is 0 Å². The smallest absolute Gasteiger partial charge is 0.243 e. The van der Waals surface area contributed by atoms with E-state index in [0.717, 1.165) is 16.5 Å². The van der Waals surface area contributed by atoms with Crippen LogP contribution in [0.25, 0.3) is 10.9 Å². The summed E-state index contributed by atoms with van der Waals surface area (Å²) in [5, 5.41) is 0.955. The summed E-state index contributed by atoms with van der Waals surface area (Å²) in [5.74, 6) is -0.0108. The number of sulfonamides is 1. The molecule has 1 amide bonds. The zero-order chi connectivity index (χ0) is 16.8. The molecule has 2 aromatic rings. The number of aromatic nitrogens is 1. The second kappa shape index (κ2) is 5.65. The van der Waals surface area contributed by atoms with Gasteiger partial charge in [0.05, 0.1) is 4.90 Å². The summed E-state index contributed by atoms with van der Waals surface area (Å²) < 4.78 is 29.1. The molecule has 1 aliphatic heterocycles. The maximum Gasteiger partial charge on any atom is 0.243 e. The van der Waals surface area contributed by atoms with Crippen LogP contribution >= 0.6 is 0 Å². The number of amides is 1. The summed E-state index contributed by atoms with van der Waals surface area (Å²) in [5.41, 5.74) is 2.07. The van der Waals surface area contributed by atoms with Crippen molar-refractivity contribution in [2.45, 2.75) is 18.7 Å². The Hall–Kier alpha value is -1.86. The number of nitrogens with zero attached hydrogens (tertiary/aromatic N) is 3. The molecule has 0 N–H and O–H groups in total. The van der Waals surface area contributed by atoms with Crippen molar-refractivity contribution in [3.05, 3.63) is 30.0 Å². The number of aryl methyl sites for hydroxylation is 2. The van der Waals surface area contributed by atoms with Gasteiger partial charge in [-0.15, -0.1) is 0 Å². The lowest BCUT2D eigenvalue weighted by molar-refractivity contribution is -0.129. The first kappa shape index (κ1) is 16.0. The van der Waals surface area contributed by atoms with Gasteiger partial charge in [-0.05, 0) is 30.7 Å². The van der Waals surface area contributed by atoms with Crippen LogP contribution in [0.2, 0.25) is 0 Å². The third-order valence-corrected chi connectivity index (χ3v) is 6.38. The molecular weight excluding hydrogens is 314 g/mol. The van der Waals surface area contributed by atoms with Crippen molar-refractivity contribution in [1.82, 2.24) is 13.8 Å². The summed E-state index contributed by atoms with van der Waals surface area (Å²) in [7, 11) is -1.58. The van der Waals surface area contributed by atoms with Gasteiger partial charge in [0.25, 0.3) is 0 Å². The topological polar surface area (TPSA) is 62.6 Å². The average molecular weight is 335 g/mol. The number of hydrogen-bond acceptors (Lipinski definition) is 3. The highest BCUT2D eigenvalue weighted by atomic mass is 32.2. The van der Waals surface area contributed by atoms with E-state index in [1.54, 1.807) is 17.0 Å². The Balaban J connectivity index is 1.91. The minimum absolute atomic E-state index is 0.0108. The number of rotatable bonds is 2. The number of fused-ring (bicyclic) bond motifs is 1. The van der Waals surface area contributed by atoms with Crippen molar-refractivity contribution in [2.75, 3.05) is 26.2 Å². The standard InChI is InChI=1S/C16H21N3O3S/c1-12-11-17(3)16-5-4-14(10-15(12)16)23(21,22)19-8-6-18(7-9-19)13(2)20/h4-5,10-11H,6-9H2,1-3H3. The molecule has 0 radical (unpaired) electrons. The molecule has 0 atom stereocenters. The van der Waals surface area contributed by atoms with Gasteiger partial charge in [-0.25, -0.2) is 8.42 Å². The van der Waals surface area contributed by atoms with E-state index in [4.69, 9.17) is 0 Å². The van der Waals surface area contributed by atoms with Gasteiger partial charge in [0.1, 0.15) is 0 Å². The Morgan fingerprint density at radius 3 is 2.39 bits per heavy atom. The van der Waals surface area contributed by atoms with E-state index in [1.165, 1.54) is 11.2 Å². The molecule has 1 aromatic carbocycles. The third kappa shape index (κ3) is 2.74. The van der Waals surface area contributed by atoms with Gasteiger partial charge in [-0.3, -0.25) is 4.79 Å². The van der Waals surface area contributed by atoms with Crippen molar-refractivity contribution in [2.24, 2.45) is 7.05 Å². The molecular formula is C16H21N3O3S. The highest BCUT2D eigenvalue weighted by Gasteiger charge is 2.29. The predicted molar refractivity (Wildman–Crippen MR) is 88.7 cm³/mol. The number of hydrogen-bond donors (Lipinski definition) is 0. The van der Waals surface area contributed by atoms with Crippen molar-refractivity contribution in [1.29, 1.82) is 0 Å². The fourth-order valence-corrected chi connectivity index (χ4v) is 4.57. The molecule has 0 spiro atoms. The predicted octanol–water partition coefficient (Wildman–Crippen LogP) is 1.34. The van der Waals surface area contributed by atoms with Crippen LogP contribution in [0.1, 0.15) is 12.5 Å². The van der Waals surface area contributed by atoms with Gasteiger partial charge in [-0.2, -0.15) is 4.31 Å². The minimum Gasteiger partial charge on any atom is -0.350 e. The first-order valence-corrected chi connectivity index (χ1v) is 9.06. The SMILES string of the molecule is CC(=O)N1CCN(S(=O)(=O)c2ccc3c(c2)c(C)cn3C)CC1. The quantitative estimate of drug-likeness (QED) is 0.832. The molecule has 7 heteroatoms. The van der Waals surface area contributed by atoms with Gasteiger partial charge < -0.3 is 9.47 Å². The monoisotopic (exact) mass is 335 g/mol. The fraction of sp³-hybridized carbons (Fsp3) is 0.438. The molecule has 3 rings (SSSR count). The largest absolute Gasteiger partial charge is 0.350 e. The van der Waals surface area contributed by atoms with E-state index >= 15 is 0 Å². The summed E-state index contributed by atoms with van der Waals surface area (Å²) in [6.07, 6.45) is 1.99. The zero-order valence-electron chi connectivity index (χ0n) is 13.6. The van der Waals surface area contributed by atoms with Gasteiger partial charge in [0.15, 0.2) is 0 Å². The molecule has 1 aromatic heterocycles. The molecule has 1 fully saturated rings. The van der Waals surface area contributed by atoms with E-state index in [1.807, 2.05) is 30.8 Å². The molecule has 0 bridgehead atoms. The number of piperazine rings is 1. The number of carbonyl (C=O) groups is 1. The Kier molecular flexibility index (Phi) is 3.93. The Morgan fingerprint density at radius 2 is 1.78 bits per heavy atom. The highest BCUT2D eigenvalue weighted by molar-refractivity contribution is 7.89. The zero-order valence-corrected chi connectivity index (χ0v) is 14.4. The van der Waals surface area contributed by atoms with E-state index in [2.05, 4.69) is 0 Å². The Labute approximate surface area is 136 Å². The van der Waals surface area contributed by atoms with Crippen LogP contribution in [0.3, 0.4) is 0 Å². The van der Waals surface area contributed by atoms with Gasteiger partial charge in [0.2, 0.25) is 15.9 Å². The maximum atomic E-state index is 12.8. The normalized spacial score (nSPS) is 16.9. The fourth-order valence-electron chi connectivity index (χ4n) is 3.12. The van der Waals surface area contributed by atoms with E-state index in [-0.39, 0.29) is 5.91 Å². The lowest BCUT2D eigenvalue weighted by atomic mass is 10.2. The molecule has 1 aliphatic rings. The maximum absolute atomic E-state index is 12.8. The van der Waals surface area contributed by atoms with Crippen molar-refractivity contribution in [3.8, 4) is 0 Å². The van der Waals surface area contributed by atoms with Crippen molar-refractivity contribution in [3.63, 3.8) is 0 Å². The van der Waals surface area contributed by atoms with Crippen LogP contribution in [-0.4, -0.2) is 54.3 Å². The summed E-state index contributed by atoms with van der Waals surface area (Å²) in [6, 6.07) is 5.26. The van der Waals surface area contributed by atoms with Crippen LogP contribution in [0.15, 0.2) is 29.3 Å². The first-order chi connectivity index (χ1) is 10.8. The molecule has 0 aliphatic carbocycles. The van der Waals surface area contributed by atoms with Crippen molar-refractivity contribution >= 4 is 26.8 Å².